The Morgan fingerprint density at radius 2 is 1.38 bits per heavy atom. The van der Waals surface area contributed by atoms with Crippen molar-refractivity contribution in [3.8, 4) is 11.5 Å². The number of nitrogens with one attached hydrogen (secondary N) is 1. The summed E-state index contributed by atoms with van der Waals surface area (Å²) in [6.07, 6.45) is 8.78. The SMILES string of the molecule is COC(=O)C1CCC(CCc2c3c4c5c(c(OC)c(O)c6c(=O)cc(CO)c(c7c(CO)cc(NCC8CCC(C(=O)CO)CC8)c(c2=O)c74)c65)C(C(C)=O)C(C)=C3)CC1. The minimum absolute atomic E-state index is 0.0169. The molecule has 12 nitrogen and oxygen atoms in total. The number of fused-ring (bicyclic) bond motifs is 1. The van der Waals surface area contributed by atoms with Gasteiger partial charge in [-0.3, -0.25) is 24.0 Å². The van der Waals surface area contributed by atoms with E-state index in [2.05, 4.69) is 5.32 Å². The third-order valence-corrected chi connectivity index (χ3v) is 14.1. The number of carbonyl (C=O) groups excluding carboxylic acids is 3. The number of esters is 1. The van der Waals surface area contributed by atoms with Gasteiger partial charge in [0.25, 0.3) is 0 Å². The quantitative estimate of drug-likeness (QED) is 0.0501. The lowest BCUT2D eigenvalue weighted by molar-refractivity contribution is -0.146. The summed E-state index contributed by atoms with van der Waals surface area (Å²) >= 11 is 0. The van der Waals surface area contributed by atoms with Gasteiger partial charge in [0.2, 0.25) is 0 Å². The molecule has 0 amide bonds. The standard InChI is InChI=1S/C48H53NO11/c1-22-15-31-30(14-9-24-5-12-27(13-6-24)48(58)60-4)45(56)39-32(49-18-25-7-10-26(11-8-25)34(55)21-52)16-28(19-50)36-37-29(20-51)17-33(54)40-42(37)43(38(31)41(36)39)44(35(22)23(2)53)47(59-3)46(40)57/h15-17,24-27,35,49-52,57H,5-14,18-21H2,1-4H3. The molecule has 2 saturated carbocycles. The van der Waals surface area contributed by atoms with Crippen LogP contribution in [0.2, 0.25) is 0 Å². The number of ether oxygens (including phenoxy) is 2. The molecule has 3 aliphatic carbocycles. The summed E-state index contributed by atoms with van der Waals surface area (Å²) in [7, 11) is 2.79. The molecule has 1 atom stereocenters. The topological polar surface area (TPSA) is 197 Å². The van der Waals surface area contributed by atoms with Gasteiger partial charge in [-0.15, -0.1) is 0 Å². The fourth-order valence-electron chi connectivity index (χ4n) is 11.2. The van der Waals surface area contributed by atoms with Crippen LogP contribution in [0.3, 0.4) is 0 Å². The molecule has 0 heterocycles. The first-order valence-corrected chi connectivity index (χ1v) is 21.2. The number of phenolic OH excluding ortho intramolecular Hbond substituents is 1. The number of benzene rings is 5. The minimum atomic E-state index is -0.919. The largest absolute Gasteiger partial charge is 0.504 e. The number of aliphatic hydroxyl groups is 3. The van der Waals surface area contributed by atoms with Gasteiger partial charge in [0.05, 0.1) is 50.0 Å². The van der Waals surface area contributed by atoms with Crippen molar-refractivity contribution >= 4 is 72.4 Å². The lowest BCUT2D eigenvalue weighted by Crippen LogP contribution is -2.27. The van der Waals surface area contributed by atoms with Crippen LogP contribution in [-0.4, -0.2) is 65.3 Å². The molecule has 5 N–H and O–H groups in total. The van der Waals surface area contributed by atoms with E-state index >= 15 is 4.79 Å². The highest BCUT2D eigenvalue weighted by molar-refractivity contribution is 6.39. The number of ketones is 2. The lowest BCUT2D eigenvalue weighted by Gasteiger charge is -2.29. The molecule has 0 saturated heterocycles. The van der Waals surface area contributed by atoms with Crippen LogP contribution in [0.15, 0.2) is 27.3 Å². The molecule has 5 aromatic carbocycles. The maximum Gasteiger partial charge on any atom is 0.308 e. The van der Waals surface area contributed by atoms with Gasteiger partial charge >= 0.3 is 5.97 Å². The first-order valence-electron chi connectivity index (χ1n) is 21.2. The average molecular weight is 820 g/mol. The maximum absolute atomic E-state index is 15.5. The number of phenols is 1. The van der Waals surface area contributed by atoms with Gasteiger partial charge < -0.3 is 35.2 Å². The Kier molecular flexibility index (Phi) is 11.3. The number of rotatable bonds is 13. The zero-order chi connectivity index (χ0) is 42.7. The highest BCUT2D eigenvalue weighted by Gasteiger charge is 2.37. The molecule has 5 aromatic rings. The summed E-state index contributed by atoms with van der Waals surface area (Å²) < 4.78 is 10.9. The molecular formula is C48H53NO11. The van der Waals surface area contributed by atoms with Crippen molar-refractivity contribution in [1.82, 2.24) is 0 Å². The van der Waals surface area contributed by atoms with Crippen molar-refractivity contribution in [2.45, 2.75) is 97.2 Å². The molecule has 0 spiro atoms. The van der Waals surface area contributed by atoms with Gasteiger partial charge in [0.1, 0.15) is 12.4 Å². The molecule has 12 heteroatoms. The maximum atomic E-state index is 15.5. The first kappa shape index (κ1) is 41.6. The van der Waals surface area contributed by atoms with Crippen molar-refractivity contribution in [3.63, 3.8) is 0 Å². The van der Waals surface area contributed by atoms with E-state index in [0.717, 1.165) is 25.7 Å². The van der Waals surface area contributed by atoms with E-state index in [9.17, 15) is 39.6 Å². The molecule has 3 aliphatic rings. The number of hydrogen-bond donors (Lipinski definition) is 5. The summed E-state index contributed by atoms with van der Waals surface area (Å²) in [5, 5.41) is 50.2. The first-order chi connectivity index (χ1) is 28.9. The lowest BCUT2D eigenvalue weighted by atomic mass is 9.77. The zero-order valence-corrected chi connectivity index (χ0v) is 34.7. The highest BCUT2D eigenvalue weighted by atomic mass is 16.5. The smallest absolute Gasteiger partial charge is 0.308 e. The number of aliphatic hydroxyl groups excluding tert-OH is 3. The van der Waals surface area contributed by atoms with E-state index in [1.165, 1.54) is 27.2 Å². The van der Waals surface area contributed by atoms with Crippen molar-refractivity contribution in [2.75, 3.05) is 32.7 Å². The molecule has 0 aliphatic heterocycles. The molecule has 8 rings (SSSR count). The van der Waals surface area contributed by atoms with Crippen LogP contribution >= 0.6 is 0 Å². The van der Waals surface area contributed by atoms with E-state index in [1.807, 2.05) is 13.0 Å². The monoisotopic (exact) mass is 819 g/mol. The second-order valence-corrected chi connectivity index (χ2v) is 17.4. The van der Waals surface area contributed by atoms with Crippen molar-refractivity contribution in [2.24, 2.45) is 23.7 Å². The third-order valence-electron chi connectivity index (χ3n) is 14.1. The van der Waals surface area contributed by atoms with Gasteiger partial charge in [-0.1, -0.05) is 11.6 Å². The van der Waals surface area contributed by atoms with Crippen LogP contribution < -0.4 is 20.9 Å². The van der Waals surface area contributed by atoms with Gasteiger partial charge in [-0.05, 0) is 140 Å². The minimum Gasteiger partial charge on any atom is -0.504 e. The Labute approximate surface area is 346 Å². The summed E-state index contributed by atoms with van der Waals surface area (Å²) in [6, 6.07) is 3.05. The third kappa shape index (κ3) is 6.58. The molecule has 60 heavy (non-hydrogen) atoms. The van der Waals surface area contributed by atoms with E-state index < -0.39 is 36.9 Å². The van der Waals surface area contributed by atoms with Gasteiger partial charge in [0.15, 0.2) is 28.1 Å². The number of methoxy groups -OCH3 is 2. The fraction of sp³-hybridized carbons (Fsp3) is 0.479. The van der Waals surface area contributed by atoms with Crippen molar-refractivity contribution in [1.29, 1.82) is 0 Å². The van der Waals surface area contributed by atoms with E-state index in [-0.39, 0.29) is 63.3 Å². The Morgan fingerprint density at radius 3 is 1.98 bits per heavy atom. The van der Waals surface area contributed by atoms with Gasteiger partial charge in [-0.25, -0.2) is 0 Å². The van der Waals surface area contributed by atoms with Crippen LogP contribution in [0.25, 0.3) is 49.2 Å². The van der Waals surface area contributed by atoms with Gasteiger partial charge in [-0.2, -0.15) is 0 Å². The molecule has 0 radical (unpaired) electrons. The number of carbonyl (C=O) groups is 3. The number of Topliss-reactive ketones (excluding diaryl/α,β-unsaturated/α-hetero) is 2. The molecular weight excluding hydrogens is 767 g/mol. The fourth-order valence-corrected chi connectivity index (χ4v) is 11.2. The Balaban J connectivity index is 1.44. The summed E-state index contributed by atoms with van der Waals surface area (Å²) in [6.45, 7) is 2.30. The average Bonchev–Trinajstić information content (AvgIpc) is 3.39. The summed E-state index contributed by atoms with van der Waals surface area (Å²) in [4.78, 5) is 68.0. The number of hydrogen-bond acceptors (Lipinski definition) is 12. The van der Waals surface area contributed by atoms with Crippen molar-refractivity contribution < 1.29 is 44.3 Å². The molecule has 1 unspecified atom stereocenters. The molecule has 0 aromatic heterocycles. The van der Waals surface area contributed by atoms with E-state index in [4.69, 9.17) is 9.47 Å². The zero-order valence-electron chi connectivity index (χ0n) is 34.7. The summed E-state index contributed by atoms with van der Waals surface area (Å²) in [5.74, 6) is -1.84. The van der Waals surface area contributed by atoms with Crippen LogP contribution in [0.1, 0.15) is 105 Å². The normalized spacial score (nSPS) is 21.8. The van der Waals surface area contributed by atoms with Crippen LogP contribution in [0.4, 0.5) is 5.69 Å². The van der Waals surface area contributed by atoms with Gasteiger partial charge in [0, 0.05) is 40.0 Å². The van der Waals surface area contributed by atoms with Crippen LogP contribution in [0, 0.1) is 23.7 Å². The summed E-state index contributed by atoms with van der Waals surface area (Å²) in [5.41, 5.74) is 2.60. The van der Waals surface area contributed by atoms with E-state index in [0.29, 0.717) is 116 Å². The highest BCUT2D eigenvalue weighted by Crippen LogP contribution is 2.55. The number of anilines is 1. The Hall–Kier alpha value is -5.17. The van der Waals surface area contributed by atoms with Crippen molar-refractivity contribution in [3.05, 3.63) is 66.0 Å². The van der Waals surface area contributed by atoms with E-state index in [1.54, 1.807) is 6.07 Å². The molecule has 2 fully saturated rings. The Morgan fingerprint density at radius 1 is 0.767 bits per heavy atom. The molecule has 0 bridgehead atoms. The number of aromatic hydroxyl groups is 1. The second-order valence-electron chi connectivity index (χ2n) is 17.4. The number of allylic oxidation sites excluding steroid dienone is 1. The molecule has 316 valence electrons. The van der Waals surface area contributed by atoms with Crippen LogP contribution in [0.5, 0.6) is 11.5 Å². The second kappa shape index (κ2) is 16.4. The predicted octanol–water partition coefficient (Wildman–Crippen LogP) is 6.38. The van der Waals surface area contributed by atoms with Crippen LogP contribution in [-0.2, 0) is 38.8 Å². The Bertz CT molecular complexity index is 2700. The predicted molar refractivity (Wildman–Crippen MR) is 230 cm³/mol.